The fraction of sp³-hybridized carbons (Fsp3) is 0.333. The van der Waals surface area contributed by atoms with Crippen LogP contribution in [0, 0.1) is 12.3 Å². The lowest BCUT2D eigenvalue weighted by molar-refractivity contribution is -0.119. The zero-order valence-corrected chi connectivity index (χ0v) is 6.25. The van der Waals surface area contributed by atoms with Gasteiger partial charge in [0.25, 0.3) is 0 Å². The third-order valence-electron chi connectivity index (χ3n) is 0.849. The van der Waals surface area contributed by atoms with Crippen molar-refractivity contribution in [1.29, 1.82) is 0 Å². The summed E-state index contributed by atoms with van der Waals surface area (Å²) in [5, 5.41) is 0.849. The first kappa shape index (κ1) is 9.30. The molecule has 1 N–H and O–H groups in total. The summed E-state index contributed by atoms with van der Waals surface area (Å²) in [6.07, 6.45) is 4.03. The van der Waals surface area contributed by atoms with E-state index in [9.17, 15) is 9.59 Å². The lowest BCUT2D eigenvalue weighted by Crippen LogP contribution is -2.42. The molecular weight excluding hydrogens is 148 g/mol. The number of hydrogen-bond donors (Lipinski definition) is 1. The molecule has 60 valence electrons. The van der Waals surface area contributed by atoms with Gasteiger partial charge in [0.05, 0.1) is 7.11 Å². The minimum Gasteiger partial charge on any atom is -0.452 e. The number of methoxy groups -OCH3 is 1. The summed E-state index contributed by atoms with van der Waals surface area (Å²) in [7, 11) is 2.52. The van der Waals surface area contributed by atoms with Crippen molar-refractivity contribution in [2.45, 2.75) is 0 Å². The van der Waals surface area contributed by atoms with Gasteiger partial charge in [-0.1, -0.05) is 0 Å². The first-order valence-electron chi connectivity index (χ1n) is 2.70. The predicted octanol–water partition coefficient (Wildman–Crippen LogP) is -0.651. The van der Waals surface area contributed by atoms with E-state index in [1.54, 1.807) is 5.92 Å². The number of carbonyl (C=O) groups is 2. The molecule has 0 aliphatic carbocycles. The van der Waals surface area contributed by atoms with Crippen LogP contribution in [0.25, 0.3) is 0 Å². The third kappa shape index (κ3) is 3.11. The van der Waals surface area contributed by atoms with Gasteiger partial charge >= 0.3 is 12.0 Å². The summed E-state index contributed by atoms with van der Waals surface area (Å²) in [4.78, 5) is 21.0. The Labute approximate surface area is 64.3 Å². The van der Waals surface area contributed by atoms with Crippen LogP contribution in [0.3, 0.4) is 0 Å². The molecule has 0 radical (unpaired) electrons. The minimum absolute atomic E-state index is 0.686. The van der Waals surface area contributed by atoms with Crippen LogP contribution in [0.15, 0.2) is 0 Å². The molecule has 0 rings (SSSR count). The first-order valence-corrected chi connectivity index (χ1v) is 2.70. The average Bonchev–Trinajstić information content (AvgIpc) is 2.02. The van der Waals surface area contributed by atoms with Crippen LogP contribution in [0.2, 0.25) is 0 Å². The van der Waals surface area contributed by atoms with Gasteiger partial charge in [0.15, 0.2) is 0 Å². The molecule has 0 saturated heterocycles. The zero-order chi connectivity index (χ0) is 8.85. The second-order valence-corrected chi connectivity index (χ2v) is 1.61. The Bertz CT molecular complexity index is 206. The van der Waals surface area contributed by atoms with Crippen molar-refractivity contribution < 1.29 is 14.3 Å². The largest absolute Gasteiger partial charge is 0.452 e. The maximum atomic E-state index is 10.6. The minimum atomic E-state index is -0.696. The number of hydrazine groups is 1. The van der Waals surface area contributed by atoms with Gasteiger partial charge in [0.1, 0.15) is 0 Å². The molecule has 5 heteroatoms. The Hall–Kier alpha value is -1.70. The van der Waals surface area contributed by atoms with E-state index in [2.05, 4.69) is 10.2 Å². The van der Waals surface area contributed by atoms with Crippen molar-refractivity contribution >= 4 is 12.0 Å². The normalized spacial score (nSPS) is 7.73. The van der Waals surface area contributed by atoms with E-state index in [1.807, 2.05) is 0 Å². The summed E-state index contributed by atoms with van der Waals surface area (Å²) in [6.45, 7) is 0. The maximum absolute atomic E-state index is 10.6. The predicted molar refractivity (Wildman–Crippen MR) is 37.1 cm³/mol. The van der Waals surface area contributed by atoms with Gasteiger partial charge < -0.3 is 4.74 Å². The Morgan fingerprint density at radius 2 is 2.18 bits per heavy atom. The van der Waals surface area contributed by atoms with Crippen LogP contribution in [0.5, 0.6) is 0 Å². The van der Waals surface area contributed by atoms with Crippen molar-refractivity contribution in [3.63, 3.8) is 0 Å². The standard InChI is InChI=1S/C6H8N2O3/c1-4-5(9)7-8(2)6(10)11-3/h1H,2-3H3,(H,7,9). The Morgan fingerprint density at radius 3 is 2.55 bits per heavy atom. The SMILES string of the molecule is C#CC(=O)NN(C)C(=O)OC. The molecule has 0 atom stereocenters. The van der Waals surface area contributed by atoms with E-state index in [0.717, 1.165) is 5.01 Å². The van der Waals surface area contributed by atoms with Gasteiger partial charge in [-0.15, -0.1) is 6.42 Å². The third-order valence-corrected chi connectivity index (χ3v) is 0.849. The number of rotatable bonds is 0. The molecule has 11 heavy (non-hydrogen) atoms. The van der Waals surface area contributed by atoms with E-state index in [-0.39, 0.29) is 0 Å². The number of terminal acetylenes is 1. The molecule has 0 aromatic carbocycles. The molecule has 0 spiro atoms. The van der Waals surface area contributed by atoms with E-state index in [0.29, 0.717) is 0 Å². The van der Waals surface area contributed by atoms with Crippen molar-refractivity contribution in [1.82, 2.24) is 10.4 Å². The first-order chi connectivity index (χ1) is 5.11. The van der Waals surface area contributed by atoms with E-state index in [4.69, 9.17) is 6.42 Å². The Morgan fingerprint density at radius 1 is 1.64 bits per heavy atom. The molecule has 2 amide bonds. The van der Waals surface area contributed by atoms with Gasteiger partial charge in [-0.2, -0.15) is 0 Å². The van der Waals surface area contributed by atoms with Crippen LogP contribution in [0.4, 0.5) is 4.79 Å². The number of hydrogen-bond acceptors (Lipinski definition) is 3. The van der Waals surface area contributed by atoms with Crippen LogP contribution in [0.1, 0.15) is 0 Å². The van der Waals surface area contributed by atoms with E-state index >= 15 is 0 Å². The highest BCUT2D eigenvalue weighted by Gasteiger charge is 2.08. The highest BCUT2D eigenvalue weighted by molar-refractivity contribution is 5.93. The highest BCUT2D eigenvalue weighted by Crippen LogP contribution is 1.81. The number of nitrogens with zero attached hydrogens (tertiary/aromatic N) is 1. The molecule has 0 aliphatic rings. The second kappa shape index (κ2) is 4.17. The lowest BCUT2D eigenvalue weighted by atomic mass is 10.7. The molecule has 0 bridgehead atoms. The van der Waals surface area contributed by atoms with Crippen molar-refractivity contribution in [3.05, 3.63) is 0 Å². The number of nitrogens with one attached hydrogen (secondary N) is 1. The fourth-order valence-electron chi connectivity index (χ4n) is 0.367. The van der Waals surface area contributed by atoms with Gasteiger partial charge in [-0.3, -0.25) is 10.2 Å². The average molecular weight is 156 g/mol. The Balaban J connectivity index is 3.89. The van der Waals surface area contributed by atoms with Gasteiger partial charge in [-0.05, 0) is 5.92 Å². The van der Waals surface area contributed by atoms with Crippen LogP contribution < -0.4 is 5.43 Å². The van der Waals surface area contributed by atoms with Gasteiger partial charge in [-0.25, -0.2) is 9.80 Å². The number of amides is 2. The van der Waals surface area contributed by atoms with Crippen LogP contribution in [-0.4, -0.2) is 31.2 Å². The molecule has 0 aromatic heterocycles. The molecule has 0 fully saturated rings. The van der Waals surface area contributed by atoms with Gasteiger partial charge in [0, 0.05) is 7.05 Å². The Kier molecular flexibility index (Phi) is 3.52. The monoisotopic (exact) mass is 156 g/mol. The van der Waals surface area contributed by atoms with Crippen molar-refractivity contribution in [3.8, 4) is 12.3 Å². The topological polar surface area (TPSA) is 58.6 Å². The zero-order valence-electron chi connectivity index (χ0n) is 6.25. The lowest BCUT2D eigenvalue weighted by Gasteiger charge is -2.13. The molecule has 0 aliphatic heterocycles. The van der Waals surface area contributed by atoms with Crippen LogP contribution >= 0.6 is 0 Å². The molecule has 0 unspecified atom stereocenters. The molecule has 0 saturated carbocycles. The number of carbonyl (C=O) groups excluding carboxylic acids is 2. The van der Waals surface area contributed by atoms with Crippen LogP contribution in [-0.2, 0) is 9.53 Å². The summed E-state index contributed by atoms with van der Waals surface area (Å²) >= 11 is 0. The molecular formula is C6H8N2O3. The summed E-state index contributed by atoms with van der Waals surface area (Å²) in [5.74, 6) is 1.08. The number of ether oxygens (including phenoxy) is 1. The quantitative estimate of drug-likeness (QED) is 0.374. The second-order valence-electron chi connectivity index (χ2n) is 1.61. The maximum Gasteiger partial charge on any atom is 0.428 e. The summed E-state index contributed by atoms with van der Waals surface area (Å²) in [6, 6.07) is 0. The van der Waals surface area contributed by atoms with Gasteiger partial charge in [0.2, 0.25) is 0 Å². The summed E-state index contributed by atoms with van der Waals surface area (Å²) in [5.41, 5.74) is 2.06. The summed E-state index contributed by atoms with van der Waals surface area (Å²) < 4.78 is 4.26. The smallest absolute Gasteiger partial charge is 0.428 e. The van der Waals surface area contributed by atoms with E-state index in [1.165, 1.54) is 14.2 Å². The van der Waals surface area contributed by atoms with Crippen molar-refractivity contribution in [2.75, 3.05) is 14.2 Å². The fourth-order valence-corrected chi connectivity index (χ4v) is 0.367. The molecule has 0 aromatic rings. The molecule has 0 heterocycles. The van der Waals surface area contributed by atoms with E-state index < -0.39 is 12.0 Å². The van der Waals surface area contributed by atoms with Crippen molar-refractivity contribution in [2.24, 2.45) is 0 Å². The highest BCUT2D eigenvalue weighted by atomic mass is 16.5. The molecule has 5 nitrogen and oxygen atoms in total.